The number of nitrogens with zero attached hydrogens (tertiary/aromatic N) is 2. The minimum absolute atomic E-state index is 0.110. The molecule has 0 spiro atoms. The average molecular weight is 246 g/mol. The SMILES string of the molecule is Nc1c(NCCn2cccn2)cccc1C(=O)O. The molecule has 1 heterocycles. The van der Waals surface area contributed by atoms with Crippen LogP contribution in [0.3, 0.4) is 0 Å². The van der Waals surface area contributed by atoms with Crippen LogP contribution in [-0.2, 0) is 6.54 Å². The minimum Gasteiger partial charge on any atom is -0.478 e. The van der Waals surface area contributed by atoms with Crippen LogP contribution in [-0.4, -0.2) is 27.4 Å². The third-order valence-corrected chi connectivity index (χ3v) is 2.55. The smallest absolute Gasteiger partial charge is 0.337 e. The Hall–Kier alpha value is -2.50. The highest BCUT2D eigenvalue weighted by atomic mass is 16.4. The molecule has 6 heteroatoms. The van der Waals surface area contributed by atoms with Gasteiger partial charge in [-0.1, -0.05) is 6.07 Å². The minimum atomic E-state index is -1.02. The topological polar surface area (TPSA) is 93.2 Å². The monoisotopic (exact) mass is 246 g/mol. The van der Waals surface area contributed by atoms with Crippen molar-refractivity contribution in [2.24, 2.45) is 0 Å². The van der Waals surface area contributed by atoms with Gasteiger partial charge in [-0.25, -0.2) is 4.79 Å². The molecule has 1 aromatic carbocycles. The molecule has 18 heavy (non-hydrogen) atoms. The second-order valence-electron chi connectivity index (χ2n) is 3.77. The normalized spacial score (nSPS) is 10.2. The van der Waals surface area contributed by atoms with Gasteiger partial charge < -0.3 is 16.2 Å². The van der Waals surface area contributed by atoms with Crippen LogP contribution in [0.1, 0.15) is 10.4 Å². The quantitative estimate of drug-likeness (QED) is 0.691. The summed E-state index contributed by atoms with van der Waals surface area (Å²) in [5.41, 5.74) is 6.77. The number of nitrogens with two attached hydrogens (primary N) is 1. The molecule has 0 aliphatic rings. The summed E-state index contributed by atoms with van der Waals surface area (Å²) in [6.07, 6.45) is 3.57. The summed E-state index contributed by atoms with van der Waals surface area (Å²) in [5.74, 6) is -1.02. The fourth-order valence-electron chi connectivity index (χ4n) is 1.64. The van der Waals surface area contributed by atoms with E-state index in [1.165, 1.54) is 6.07 Å². The zero-order valence-corrected chi connectivity index (χ0v) is 9.71. The summed E-state index contributed by atoms with van der Waals surface area (Å²) in [4.78, 5) is 10.9. The molecule has 94 valence electrons. The fraction of sp³-hybridized carbons (Fsp3) is 0.167. The first-order chi connectivity index (χ1) is 8.68. The van der Waals surface area contributed by atoms with Crippen LogP contribution in [0.5, 0.6) is 0 Å². The number of nitrogen functional groups attached to an aromatic ring is 1. The van der Waals surface area contributed by atoms with Crippen molar-refractivity contribution in [2.75, 3.05) is 17.6 Å². The molecule has 1 aromatic heterocycles. The van der Waals surface area contributed by atoms with Crippen molar-refractivity contribution in [3.8, 4) is 0 Å². The highest BCUT2D eigenvalue weighted by molar-refractivity contribution is 5.97. The van der Waals surface area contributed by atoms with Gasteiger partial charge in [-0.05, 0) is 18.2 Å². The number of para-hydroxylation sites is 1. The molecular formula is C12H14N4O2. The van der Waals surface area contributed by atoms with E-state index in [0.29, 0.717) is 18.8 Å². The van der Waals surface area contributed by atoms with Crippen LogP contribution in [0.15, 0.2) is 36.7 Å². The molecule has 0 atom stereocenters. The second-order valence-corrected chi connectivity index (χ2v) is 3.77. The standard InChI is InChI=1S/C12H14N4O2/c13-11-9(12(17)18)3-1-4-10(11)14-6-8-16-7-2-5-15-16/h1-5,7,14H,6,8,13H2,(H,17,18). The van der Waals surface area contributed by atoms with Gasteiger partial charge in [0.1, 0.15) is 0 Å². The van der Waals surface area contributed by atoms with Gasteiger partial charge in [0.05, 0.1) is 23.5 Å². The van der Waals surface area contributed by atoms with Crippen LogP contribution in [0, 0.1) is 0 Å². The van der Waals surface area contributed by atoms with E-state index < -0.39 is 5.97 Å². The van der Waals surface area contributed by atoms with E-state index in [-0.39, 0.29) is 11.3 Å². The predicted molar refractivity (Wildman–Crippen MR) is 68.5 cm³/mol. The molecule has 0 saturated carbocycles. The largest absolute Gasteiger partial charge is 0.478 e. The van der Waals surface area contributed by atoms with Gasteiger partial charge in [-0.3, -0.25) is 4.68 Å². The number of carbonyl (C=O) groups is 1. The number of nitrogens with one attached hydrogen (secondary N) is 1. The van der Waals surface area contributed by atoms with Gasteiger partial charge in [0.25, 0.3) is 0 Å². The van der Waals surface area contributed by atoms with E-state index in [4.69, 9.17) is 10.8 Å². The number of carboxylic acid groups (broad SMARTS) is 1. The Bertz CT molecular complexity index is 537. The Balaban J connectivity index is 2.01. The van der Waals surface area contributed by atoms with Crippen LogP contribution < -0.4 is 11.1 Å². The lowest BCUT2D eigenvalue weighted by Gasteiger charge is -2.11. The molecule has 0 aliphatic carbocycles. The first-order valence-corrected chi connectivity index (χ1v) is 5.51. The molecule has 2 aromatic rings. The third kappa shape index (κ3) is 2.60. The van der Waals surface area contributed by atoms with Gasteiger partial charge >= 0.3 is 5.97 Å². The van der Waals surface area contributed by atoms with E-state index in [9.17, 15) is 4.79 Å². The van der Waals surface area contributed by atoms with Gasteiger partial charge in [0, 0.05) is 18.9 Å². The van der Waals surface area contributed by atoms with Gasteiger partial charge in [-0.2, -0.15) is 5.10 Å². The molecule has 0 aliphatic heterocycles. The Morgan fingerprint density at radius 3 is 2.94 bits per heavy atom. The van der Waals surface area contributed by atoms with Crippen molar-refractivity contribution in [1.29, 1.82) is 0 Å². The Morgan fingerprint density at radius 1 is 1.44 bits per heavy atom. The first kappa shape index (κ1) is 12.0. The van der Waals surface area contributed by atoms with Crippen molar-refractivity contribution < 1.29 is 9.90 Å². The van der Waals surface area contributed by atoms with Crippen LogP contribution >= 0.6 is 0 Å². The molecule has 4 N–H and O–H groups in total. The Morgan fingerprint density at radius 2 is 2.28 bits per heavy atom. The molecule has 0 bridgehead atoms. The number of hydrogen-bond donors (Lipinski definition) is 3. The Kier molecular flexibility index (Phi) is 3.47. The van der Waals surface area contributed by atoms with Crippen molar-refractivity contribution >= 4 is 17.3 Å². The molecule has 0 unspecified atom stereocenters. The lowest BCUT2D eigenvalue weighted by Crippen LogP contribution is -2.13. The highest BCUT2D eigenvalue weighted by Gasteiger charge is 2.10. The van der Waals surface area contributed by atoms with Crippen LogP contribution in [0.4, 0.5) is 11.4 Å². The number of anilines is 2. The van der Waals surface area contributed by atoms with Crippen molar-refractivity contribution in [1.82, 2.24) is 9.78 Å². The van der Waals surface area contributed by atoms with Crippen molar-refractivity contribution in [3.63, 3.8) is 0 Å². The molecular weight excluding hydrogens is 232 g/mol. The van der Waals surface area contributed by atoms with Gasteiger partial charge in [-0.15, -0.1) is 0 Å². The molecule has 0 saturated heterocycles. The molecule has 0 fully saturated rings. The molecule has 0 amide bonds. The number of benzene rings is 1. The van der Waals surface area contributed by atoms with E-state index in [1.807, 2.05) is 12.3 Å². The number of carboxylic acids is 1. The number of aromatic carboxylic acids is 1. The van der Waals surface area contributed by atoms with E-state index in [0.717, 1.165) is 0 Å². The van der Waals surface area contributed by atoms with Crippen LogP contribution in [0.2, 0.25) is 0 Å². The summed E-state index contributed by atoms with van der Waals surface area (Å²) >= 11 is 0. The van der Waals surface area contributed by atoms with Crippen molar-refractivity contribution in [3.05, 3.63) is 42.2 Å². The zero-order valence-electron chi connectivity index (χ0n) is 9.71. The maximum absolute atomic E-state index is 10.9. The average Bonchev–Trinajstić information content (AvgIpc) is 2.84. The summed E-state index contributed by atoms with van der Waals surface area (Å²) in [5, 5.41) is 16.1. The highest BCUT2D eigenvalue weighted by Crippen LogP contribution is 2.22. The Labute approximate surface area is 104 Å². The van der Waals surface area contributed by atoms with Gasteiger partial charge in [0.15, 0.2) is 0 Å². The van der Waals surface area contributed by atoms with Crippen LogP contribution in [0.25, 0.3) is 0 Å². The maximum Gasteiger partial charge on any atom is 0.337 e. The number of hydrogen-bond acceptors (Lipinski definition) is 4. The third-order valence-electron chi connectivity index (χ3n) is 2.55. The van der Waals surface area contributed by atoms with Crippen molar-refractivity contribution in [2.45, 2.75) is 6.54 Å². The van der Waals surface area contributed by atoms with E-state index in [1.54, 1.807) is 23.0 Å². The lowest BCUT2D eigenvalue weighted by molar-refractivity contribution is 0.0698. The van der Waals surface area contributed by atoms with E-state index in [2.05, 4.69) is 10.4 Å². The number of rotatable bonds is 5. The summed E-state index contributed by atoms with van der Waals surface area (Å²) in [7, 11) is 0. The summed E-state index contributed by atoms with van der Waals surface area (Å²) in [6, 6.07) is 6.75. The summed E-state index contributed by atoms with van der Waals surface area (Å²) < 4.78 is 1.78. The lowest BCUT2D eigenvalue weighted by atomic mass is 10.1. The second kappa shape index (κ2) is 5.22. The molecule has 0 radical (unpaired) electrons. The number of aromatic nitrogens is 2. The fourth-order valence-corrected chi connectivity index (χ4v) is 1.64. The summed E-state index contributed by atoms with van der Waals surface area (Å²) in [6.45, 7) is 1.30. The first-order valence-electron chi connectivity index (χ1n) is 5.51. The predicted octanol–water partition coefficient (Wildman–Crippen LogP) is 1.28. The van der Waals surface area contributed by atoms with Gasteiger partial charge in [0.2, 0.25) is 0 Å². The maximum atomic E-state index is 10.9. The molecule has 6 nitrogen and oxygen atoms in total. The molecule has 2 rings (SSSR count). The van der Waals surface area contributed by atoms with E-state index >= 15 is 0 Å². The zero-order chi connectivity index (χ0) is 13.0.